The van der Waals surface area contributed by atoms with Gasteiger partial charge in [0, 0.05) is 18.4 Å². The summed E-state index contributed by atoms with van der Waals surface area (Å²) in [5.41, 5.74) is 3.40. The van der Waals surface area contributed by atoms with Crippen molar-refractivity contribution in [3.05, 3.63) is 42.1 Å². The lowest BCUT2D eigenvalue weighted by Crippen LogP contribution is -2.14. The van der Waals surface area contributed by atoms with E-state index in [1.165, 1.54) is 5.56 Å². The van der Waals surface area contributed by atoms with Gasteiger partial charge in [0.1, 0.15) is 0 Å². The van der Waals surface area contributed by atoms with E-state index in [0.29, 0.717) is 5.92 Å². The van der Waals surface area contributed by atoms with Crippen molar-refractivity contribution in [2.75, 3.05) is 11.9 Å². The molecule has 0 spiro atoms. The van der Waals surface area contributed by atoms with Crippen LogP contribution in [0.15, 0.2) is 41.5 Å². The van der Waals surface area contributed by atoms with Crippen LogP contribution in [0.25, 0.3) is 0 Å². The molecule has 0 aromatic heterocycles. The Kier molecular flexibility index (Phi) is 4.95. The van der Waals surface area contributed by atoms with Crippen molar-refractivity contribution in [3.8, 4) is 0 Å². The molecule has 0 unspecified atom stereocenters. The van der Waals surface area contributed by atoms with E-state index < -0.39 is 0 Å². The number of nitrogens with zero attached hydrogens (tertiary/aromatic N) is 2. The zero-order chi connectivity index (χ0) is 12.8. The molecule has 0 aliphatic rings. The smallest absolute Gasteiger partial charge is 0.0950 e. The van der Waals surface area contributed by atoms with Gasteiger partial charge in [-0.1, -0.05) is 39.5 Å². The van der Waals surface area contributed by atoms with Crippen LogP contribution in [0.4, 0.5) is 5.69 Å². The molecule has 17 heavy (non-hydrogen) atoms. The Hall–Kier alpha value is -1.57. The van der Waals surface area contributed by atoms with E-state index in [0.717, 1.165) is 17.8 Å². The van der Waals surface area contributed by atoms with E-state index in [9.17, 15) is 0 Å². The highest BCUT2D eigenvalue weighted by Gasteiger charge is 2.00. The minimum Gasteiger partial charge on any atom is -0.336 e. The maximum Gasteiger partial charge on any atom is 0.0950 e. The van der Waals surface area contributed by atoms with Crippen LogP contribution in [0.1, 0.15) is 26.3 Å². The summed E-state index contributed by atoms with van der Waals surface area (Å²) in [4.78, 5) is 6.38. The lowest BCUT2D eigenvalue weighted by atomic mass is 10.1. The zero-order valence-corrected chi connectivity index (χ0v) is 11.3. The minimum atomic E-state index is 0.390. The van der Waals surface area contributed by atoms with Crippen molar-refractivity contribution < 1.29 is 0 Å². The fraction of sp³-hybridized carbons (Fsp3) is 0.400. The Bertz CT molecular complexity index is 405. The summed E-state index contributed by atoms with van der Waals surface area (Å²) in [6, 6.07) is 8.49. The van der Waals surface area contributed by atoms with Crippen molar-refractivity contribution in [1.29, 1.82) is 0 Å². The number of aliphatic imine (C=N–C) groups is 1. The molecule has 0 saturated heterocycles. The van der Waals surface area contributed by atoms with Crippen LogP contribution in [0.5, 0.6) is 0 Å². The number of anilines is 1. The van der Waals surface area contributed by atoms with Crippen LogP contribution < -0.4 is 4.90 Å². The average molecular weight is 230 g/mol. The van der Waals surface area contributed by atoms with Gasteiger partial charge in [0.15, 0.2) is 0 Å². The van der Waals surface area contributed by atoms with Crippen LogP contribution in [-0.2, 0) is 6.42 Å². The van der Waals surface area contributed by atoms with Gasteiger partial charge < -0.3 is 4.90 Å². The number of benzene rings is 1. The second-order valence-electron chi connectivity index (χ2n) is 4.52. The lowest BCUT2D eigenvalue weighted by molar-refractivity contribution is 0.762. The number of aryl methyl sites for hydroxylation is 1. The predicted octanol–water partition coefficient (Wildman–Crippen LogP) is 3.88. The van der Waals surface area contributed by atoms with Gasteiger partial charge in [-0.2, -0.15) is 0 Å². The molecular weight excluding hydrogens is 208 g/mol. The third-order valence-corrected chi connectivity index (χ3v) is 2.79. The van der Waals surface area contributed by atoms with Crippen LogP contribution in [0.3, 0.4) is 0 Å². The van der Waals surface area contributed by atoms with Crippen LogP contribution in [-0.4, -0.2) is 13.4 Å². The molecule has 2 nitrogen and oxygen atoms in total. The zero-order valence-electron chi connectivity index (χ0n) is 11.3. The van der Waals surface area contributed by atoms with Crippen molar-refractivity contribution in [1.82, 2.24) is 0 Å². The molecule has 1 aromatic rings. The number of rotatable bonds is 5. The Morgan fingerprint density at radius 2 is 2.18 bits per heavy atom. The summed E-state index contributed by atoms with van der Waals surface area (Å²) in [6.07, 6.45) is 2.88. The molecule has 0 aliphatic carbocycles. The van der Waals surface area contributed by atoms with Crippen molar-refractivity contribution in [3.63, 3.8) is 0 Å². The fourth-order valence-electron chi connectivity index (χ4n) is 1.37. The predicted molar refractivity (Wildman–Crippen MR) is 76.7 cm³/mol. The number of hydrogen-bond acceptors (Lipinski definition) is 1. The van der Waals surface area contributed by atoms with E-state index in [-0.39, 0.29) is 0 Å². The third kappa shape index (κ3) is 4.06. The highest BCUT2D eigenvalue weighted by molar-refractivity contribution is 5.79. The standard InChI is InChI=1S/C15H22N2/c1-6-14-8-7-9-15(10-14)17(5)11-16-13(4)12(2)3/h7-12H,4,6H2,1-3,5H3. The van der Waals surface area contributed by atoms with E-state index >= 15 is 0 Å². The molecule has 0 aliphatic heterocycles. The maximum absolute atomic E-state index is 4.36. The Labute approximate surface area is 105 Å². The molecule has 0 heterocycles. The van der Waals surface area contributed by atoms with Crippen LogP contribution in [0, 0.1) is 5.92 Å². The monoisotopic (exact) mass is 230 g/mol. The summed E-state index contributed by atoms with van der Waals surface area (Å²) in [6.45, 7) is 10.3. The van der Waals surface area contributed by atoms with E-state index in [1.54, 1.807) is 0 Å². The summed E-state index contributed by atoms with van der Waals surface area (Å²) in [5.74, 6) is 0.390. The first-order chi connectivity index (χ1) is 8.04. The SMILES string of the molecule is C=C(N=CN(C)c1cccc(CC)c1)C(C)C. The topological polar surface area (TPSA) is 15.6 Å². The van der Waals surface area contributed by atoms with Gasteiger partial charge in [-0.3, -0.25) is 0 Å². The minimum absolute atomic E-state index is 0.390. The molecule has 0 N–H and O–H groups in total. The highest BCUT2D eigenvalue weighted by Crippen LogP contribution is 2.15. The summed E-state index contributed by atoms with van der Waals surface area (Å²) in [5, 5.41) is 0. The first-order valence-corrected chi connectivity index (χ1v) is 6.09. The molecule has 0 bridgehead atoms. The first-order valence-electron chi connectivity index (χ1n) is 6.09. The lowest BCUT2D eigenvalue weighted by Gasteiger charge is -2.14. The Morgan fingerprint density at radius 1 is 1.47 bits per heavy atom. The van der Waals surface area contributed by atoms with Gasteiger partial charge in [0.05, 0.1) is 6.34 Å². The molecule has 2 heteroatoms. The average Bonchev–Trinajstić information content (AvgIpc) is 2.35. The quantitative estimate of drug-likeness (QED) is 0.553. The van der Waals surface area contributed by atoms with Gasteiger partial charge in [-0.05, 0) is 30.0 Å². The van der Waals surface area contributed by atoms with Gasteiger partial charge in [0.2, 0.25) is 0 Å². The third-order valence-electron chi connectivity index (χ3n) is 2.79. The molecule has 0 fully saturated rings. The highest BCUT2D eigenvalue weighted by atomic mass is 15.1. The molecule has 92 valence electrons. The fourth-order valence-corrected chi connectivity index (χ4v) is 1.37. The number of hydrogen-bond donors (Lipinski definition) is 0. The molecule has 0 radical (unpaired) electrons. The van der Waals surface area contributed by atoms with E-state index in [1.807, 2.05) is 18.3 Å². The van der Waals surface area contributed by atoms with Gasteiger partial charge in [-0.15, -0.1) is 0 Å². The van der Waals surface area contributed by atoms with E-state index in [4.69, 9.17) is 0 Å². The molecule has 0 saturated carbocycles. The molecule has 1 rings (SSSR count). The van der Waals surface area contributed by atoms with E-state index in [2.05, 4.69) is 56.6 Å². The summed E-state index contributed by atoms with van der Waals surface area (Å²) in [7, 11) is 2.01. The van der Waals surface area contributed by atoms with Crippen molar-refractivity contribution in [2.45, 2.75) is 27.2 Å². The number of allylic oxidation sites excluding steroid dienone is 1. The summed E-state index contributed by atoms with van der Waals surface area (Å²) < 4.78 is 0. The maximum atomic E-state index is 4.36. The van der Waals surface area contributed by atoms with Crippen molar-refractivity contribution in [2.24, 2.45) is 10.9 Å². The Morgan fingerprint density at radius 3 is 2.76 bits per heavy atom. The van der Waals surface area contributed by atoms with Gasteiger partial charge >= 0.3 is 0 Å². The Balaban J connectivity index is 2.75. The van der Waals surface area contributed by atoms with Crippen LogP contribution in [0.2, 0.25) is 0 Å². The van der Waals surface area contributed by atoms with Gasteiger partial charge in [-0.25, -0.2) is 4.99 Å². The second-order valence-corrected chi connectivity index (χ2v) is 4.52. The molecule has 1 aromatic carbocycles. The van der Waals surface area contributed by atoms with Crippen molar-refractivity contribution >= 4 is 12.0 Å². The largest absolute Gasteiger partial charge is 0.336 e. The first kappa shape index (κ1) is 13.5. The summed E-state index contributed by atoms with van der Waals surface area (Å²) >= 11 is 0. The molecule has 0 amide bonds. The molecular formula is C15H22N2. The van der Waals surface area contributed by atoms with Crippen LogP contribution >= 0.6 is 0 Å². The normalized spacial score (nSPS) is 11.1. The van der Waals surface area contributed by atoms with Gasteiger partial charge in [0.25, 0.3) is 0 Å². The second kappa shape index (κ2) is 6.24. The molecule has 0 atom stereocenters.